The molecule has 5 heteroatoms. The molecule has 0 aliphatic heterocycles. The molecule has 21 heavy (non-hydrogen) atoms. The van der Waals surface area contributed by atoms with Gasteiger partial charge in [0.1, 0.15) is 5.70 Å². The van der Waals surface area contributed by atoms with Gasteiger partial charge >= 0.3 is 0 Å². The second-order valence-electron chi connectivity index (χ2n) is 5.21. The van der Waals surface area contributed by atoms with E-state index in [1.54, 1.807) is 6.08 Å². The van der Waals surface area contributed by atoms with Crippen molar-refractivity contribution in [3.8, 4) is 0 Å². The quantitative estimate of drug-likeness (QED) is 0.772. The lowest BCUT2D eigenvalue weighted by Gasteiger charge is -2.12. The fourth-order valence-corrected chi connectivity index (χ4v) is 1.67. The SMILES string of the molecule is CC(=O)N/C(=C\c1ccc(C)cc1)C(=O)NCCN(C)C. The first-order valence-corrected chi connectivity index (χ1v) is 6.87. The highest BCUT2D eigenvalue weighted by Crippen LogP contribution is 2.07. The molecule has 0 spiro atoms. The molecule has 2 amide bonds. The normalized spacial score (nSPS) is 11.4. The van der Waals surface area contributed by atoms with Crippen LogP contribution in [0.4, 0.5) is 0 Å². The summed E-state index contributed by atoms with van der Waals surface area (Å²) in [4.78, 5) is 25.3. The Kier molecular flexibility index (Phi) is 6.62. The number of hydrogen-bond donors (Lipinski definition) is 2. The highest BCUT2D eigenvalue weighted by molar-refractivity contribution is 6.00. The first-order chi connectivity index (χ1) is 9.88. The fraction of sp³-hybridized carbons (Fsp3) is 0.375. The first-order valence-electron chi connectivity index (χ1n) is 6.87. The van der Waals surface area contributed by atoms with Crippen LogP contribution in [0, 0.1) is 6.92 Å². The maximum Gasteiger partial charge on any atom is 0.267 e. The van der Waals surface area contributed by atoms with Crippen LogP contribution in [-0.2, 0) is 9.59 Å². The molecular formula is C16H23N3O2. The lowest BCUT2D eigenvalue weighted by molar-refractivity contribution is -0.122. The molecule has 0 aromatic heterocycles. The van der Waals surface area contributed by atoms with Crippen LogP contribution in [0.15, 0.2) is 30.0 Å². The highest BCUT2D eigenvalue weighted by atomic mass is 16.2. The standard InChI is InChI=1S/C16H23N3O2/c1-12-5-7-14(8-6-12)11-15(18-13(2)20)16(21)17-9-10-19(3)4/h5-8,11H,9-10H2,1-4H3,(H,17,21)(H,18,20)/b15-11-. The predicted molar refractivity (Wildman–Crippen MR) is 84.5 cm³/mol. The Hall–Kier alpha value is -2.14. The molecule has 1 aromatic rings. The topological polar surface area (TPSA) is 61.4 Å². The van der Waals surface area contributed by atoms with E-state index < -0.39 is 0 Å². The lowest BCUT2D eigenvalue weighted by Crippen LogP contribution is -2.37. The molecule has 0 radical (unpaired) electrons. The molecule has 0 saturated heterocycles. The van der Waals surface area contributed by atoms with Gasteiger partial charge in [-0.3, -0.25) is 9.59 Å². The molecule has 2 N–H and O–H groups in total. The average molecular weight is 289 g/mol. The molecule has 0 aliphatic rings. The molecule has 0 bridgehead atoms. The summed E-state index contributed by atoms with van der Waals surface area (Å²) >= 11 is 0. The number of carbonyl (C=O) groups excluding carboxylic acids is 2. The van der Waals surface area contributed by atoms with Gasteiger partial charge in [-0.25, -0.2) is 0 Å². The van der Waals surface area contributed by atoms with Gasteiger partial charge in [0.2, 0.25) is 5.91 Å². The van der Waals surface area contributed by atoms with Crippen molar-refractivity contribution in [2.75, 3.05) is 27.2 Å². The Bertz CT molecular complexity index is 519. The number of hydrogen-bond acceptors (Lipinski definition) is 3. The van der Waals surface area contributed by atoms with Crippen molar-refractivity contribution in [3.05, 3.63) is 41.1 Å². The van der Waals surface area contributed by atoms with E-state index in [-0.39, 0.29) is 17.5 Å². The molecule has 114 valence electrons. The average Bonchev–Trinajstić information content (AvgIpc) is 2.39. The van der Waals surface area contributed by atoms with Gasteiger partial charge in [-0.15, -0.1) is 0 Å². The van der Waals surface area contributed by atoms with Crippen molar-refractivity contribution in [1.29, 1.82) is 0 Å². The van der Waals surface area contributed by atoms with Crippen molar-refractivity contribution in [1.82, 2.24) is 15.5 Å². The minimum atomic E-state index is -0.285. The lowest BCUT2D eigenvalue weighted by atomic mass is 10.1. The van der Waals surface area contributed by atoms with Crippen LogP contribution in [0.3, 0.4) is 0 Å². The van der Waals surface area contributed by atoms with Crippen molar-refractivity contribution in [3.63, 3.8) is 0 Å². The van der Waals surface area contributed by atoms with E-state index in [9.17, 15) is 9.59 Å². The van der Waals surface area contributed by atoms with Gasteiger partial charge in [0.25, 0.3) is 5.91 Å². The monoisotopic (exact) mass is 289 g/mol. The van der Waals surface area contributed by atoms with E-state index in [0.717, 1.165) is 17.7 Å². The van der Waals surface area contributed by atoms with E-state index >= 15 is 0 Å². The summed E-state index contributed by atoms with van der Waals surface area (Å²) in [6.45, 7) is 4.65. The number of nitrogens with zero attached hydrogens (tertiary/aromatic N) is 1. The molecular weight excluding hydrogens is 266 g/mol. The number of amides is 2. The van der Waals surface area contributed by atoms with Gasteiger partial charge in [0, 0.05) is 20.0 Å². The Balaban J connectivity index is 2.81. The third-order valence-corrected chi connectivity index (χ3v) is 2.79. The van der Waals surface area contributed by atoms with Crippen LogP contribution in [0.5, 0.6) is 0 Å². The molecule has 0 saturated carbocycles. The summed E-state index contributed by atoms with van der Waals surface area (Å²) in [6, 6.07) is 7.73. The number of aryl methyl sites for hydroxylation is 1. The van der Waals surface area contributed by atoms with E-state index in [1.807, 2.05) is 50.2 Å². The highest BCUT2D eigenvalue weighted by Gasteiger charge is 2.10. The number of rotatable bonds is 6. The van der Waals surface area contributed by atoms with Crippen LogP contribution < -0.4 is 10.6 Å². The Labute approximate surface area is 126 Å². The molecule has 0 atom stereocenters. The van der Waals surface area contributed by atoms with Crippen LogP contribution in [0.25, 0.3) is 6.08 Å². The second kappa shape index (κ2) is 8.21. The van der Waals surface area contributed by atoms with Crippen LogP contribution in [0.1, 0.15) is 18.1 Å². The molecule has 0 aliphatic carbocycles. The smallest absolute Gasteiger partial charge is 0.267 e. The third-order valence-electron chi connectivity index (χ3n) is 2.79. The Morgan fingerprint density at radius 3 is 2.33 bits per heavy atom. The Morgan fingerprint density at radius 2 is 1.81 bits per heavy atom. The summed E-state index contributed by atoms with van der Waals surface area (Å²) in [6.07, 6.45) is 1.67. The third kappa shape index (κ3) is 6.72. The first kappa shape index (κ1) is 16.9. The molecule has 0 unspecified atom stereocenters. The summed E-state index contributed by atoms with van der Waals surface area (Å²) in [5, 5.41) is 5.36. The fourth-order valence-electron chi connectivity index (χ4n) is 1.67. The number of benzene rings is 1. The molecule has 5 nitrogen and oxygen atoms in total. The van der Waals surface area contributed by atoms with Crippen molar-refractivity contribution in [2.45, 2.75) is 13.8 Å². The zero-order chi connectivity index (χ0) is 15.8. The molecule has 0 heterocycles. The van der Waals surface area contributed by atoms with E-state index in [2.05, 4.69) is 10.6 Å². The van der Waals surface area contributed by atoms with E-state index in [0.29, 0.717) is 6.54 Å². The van der Waals surface area contributed by atoms with Gasteiger partial charge in [0.05, 0.1) is 0 Å². The summed E-state index contributed by atoms with van der Waals surface area (Å²) in [7, 11) is 3.87. The van der Waals surface area contributed by atoms with Gasteiger partial charge in [-0.2, -0.15) is 0 Å². The van der Waals surface area contributed by atoms with Crippen molar-refractivity contribution in [2.24, 2.45) is 0 Å². The summed E-state index contributed by atoms with van der Waals surface area (Å²) in [5.41, 5.74) is 2.26. The minimum absolute atomic E-state index is 0.255. The molecule has 0 fully saturated rings. The van der Waals surface area contributed by atoms with E-state index in [1.165, 1.54) is 6.92 Å². The van der Waals surface area contributed by atoms with Gasteiger partial charge < -0.3 is 15.5 Å². The summed E-state index contributed by atoms with van der Waals surface area (Å²) in [5.74, 6) is -0.552. The van der Waals surface area contributed by atoms with Gasteiger partial charge in [-0.05, 0) is 32.7 Å². The van der Waals surface area contributed by atoms with Crippen LogP contribution in [-0.4, -0.2) is 43.9 Å². The maximum atomic E-state index is 12.1. The zero-order valence-corrected chi connectivity index (χ0v) is 13.1. The van der Waals surface area contributed by atoms with Gasteiger partial charge in [-0.1, -0.05) is 29.8 Å². The number of likely N-dealkylation sites (N-methyl/N-ethyl adjacent to an activating group) is 1. The molecule has 1 aromatic carbocycles. The zero-order valence-electron chi connectivity index (χ0n) is 13.1. The minimum Gasteiger partial charge on any atom is -0.349 e. The summed E-state index contributed by atoms with van der Waals surface area (Å²) < 4.78 is 0. The molecule has 1 rings (SSSR count). The Morgan fingerprint density at radius 1 is 1.19 bits per heavy atom. The van der Waals surface area contributed by atoms with Crippen LogP contribution in [0.2, 0.25) is 0 Å². The largest absolute Gasteiger partial charge is 0.349 e. The van der Waals surface area contributed by atoms with Crippen molar-refractivity contribution < 1.29 is 9.59 Å². The second-order valence-corrected chi connectivity index (χ2v) is 5.21. The van der Waals surface area contributed by atoms with E-state index in [4.69, 9.17) is 0 Å². The maximum absolute atomic E-state index is 12.1. The number of nitrogens with one attached hydrogen (secondary N) is 2. The van der Waals surface area contributed by atoms with Gasteiger partial charge in [0.15, 0.2) is 0 Å². The van der Waals surface area contributed by atoms with Crippen molar-refractivity contribution >= 4 is 17.9 Å². The predicted octanol–water partition coefficient (Wildman–Crippen LogP) is 1.15. The number of carbonyl (C=O) groups is 2. The van der Waals surface area contributed by atoms with Crippen LogP contribution >= 0.6 is 0 Å².